The van der Waals surface area contributed by atoms with Crippen LogP contribution in [0.2, 0.25) is 0 Å². The highest BCUT2D eigenvalue weighted by molar-refractivity contribution is 7.89. The minimum Gasteiger partial charge on any atom is -0.454 e. The fourth-order valence-electron chi connectivity index (χ4n) is 3.33. The lowest BCUT2D eigenvalue weighted by molar-refractivity contribution is -0.154. The maximum absolute atomic E-state index is 13.1. The fourth-order valence-corrected chi connectivity index (χ4v) is 5.04. The van der Waals surface area contributed by atoms with E-state index in [4.69, 9.17) is 15.3 Å². The molecule has 2 unspecified atom stereocenters. The molecule has 0 aliphatic carbocycles. The summed E-state index contributed by atoms with van der Waals surface area (Å²) >= 11 is 0. The molecule has 0 spiro atoms. The molecule has 1 aromatic rings. The maximum Gasteiger partial charge on any atom is 0.325 e. The first-order chi connectivity index (χ1) is 15.1. The average Bonchev–Trinajstić information content (AvgIpc) is 3.16. The van der Waals surface area contributed by atoms with Crippen molar-refractivity contribution >= 4 is 21.9 Å². The number of carbonyl (C=O) groups excluding carboxylic acids is 2. The normalized spacial score (nSPS) is 18.5. The summed E-state index contributed by atoms with van der Waals surface area (Å²) in [5.41, 5.74) is 1.68. The third-order valence-electron chi connectivity index (χ3n) is 5.27. The van der Waals surface area contributed by atoms with Gasteiger partial charge in [0.1, 0.15) is 6.04 Å². The van der Waals surface area contributed by atoms with Gasteiger partial charge in [-0.2, -0.15) is 14.8 Å². The van der Waals surface area contributed by atoms with E-state index in [-0.39, 0.29) is 43.8 Å². The zero-order valence-electron chi connectivity index (χ0n) is 18.0. The Kier molecular flexibility index (Phi) is 8.72. The van der Waals surface area contributed by atoms with Gasteiger partial charge in [0.05, 0.1) is 36.0 Å². The van der Waals surface area contributed by atoms with Gasteiger partial charge >= 0.3 is 5.97 Å². The van der Waals surface area contributed by atoms with E-state index >= 15 is 0 Å². The summed E-state index contributed by atoms with van der Waals surface area (Å²) in [4.78, 5) is 26.2. The Hall–Kier alpha value is -2.99. The number of esters is 1. The van der Waals surface area contributed by atoms with Crippen LogP contribution >= 0.6 is 0 Å². The summed E-state index contributed by atoms with van der Waals surface area (Å²) in [6.07, 6.45) is -1.08. The van der Waals surface area contributed by atoms with Crippen molar-refractivity contribution in [2.45, 2.75) is 50.2 Å². The van der Waals surface area contributed by atoms with Gasteiger partial charge in [0.25, 0.3) is 5.91 Å². The first kappa shape index (κ1) is 25.3. The number of hydrogen-bond donors (Lipinski definition) is 1. The van der Waals surface area contributed by atoms with Crippen molar-refractivity contribution in [1.29, 1.82) is 10.5 Å². The number of aliphatic hydroxyl groups excluding tert-OH is 1. The highest BCUT2D eigenvalue weighted by Gasteiger charge is 2.44. The quantitative estimate of drug-likeness (QED) is 0.525. The van der Waals surface area contributed by atoms with Crippen molar-refractivity contribution in [3.63, 3.8) is 0 Å². The number of ether oxygens (including phenoxy) is 1. The van der Waals surface area contributed by atoms with Gasteiger partial charge in [0.2, 0.25) is 10.0 Å². The van der Waals surface area contributed by atoms with E-state index in [1.807, 2.05) is 19.1 Å². The molecule has 11 heteroatoms. The first-order valence-electron chi connectivity index (χ1n) is 10.1. The molecule has 1 heterocycles. The molecule has 2 atom stereocenters. The van der Waals surface area contributed by atoms with Gasteiger partial charge in [-0.05, 0) is 37.1 Å². The number of benzene rings is 1. The lowest BCUT2D eigenvalue weighted by atomic mass is 10.1. The van der Waals surface area contributed by atoms with Gasteiger partial charge in [-0.1, -0.05) is 6.07 Å². The lowest BCUT2D eigenvalue weighted by Gasteiger charge is -2.24. The van der Waals surface area contributed by atoms with E-state index in [1.54, 1.807) is 13.0 Å². The Bertz CT molecular complexity index is 1030. The van der Waals surface area contributed by atoms with E-state index in [0.29, 0.717) is 0 Å². The minimum atomic E-state index is -4.08. The molecule has 2 rings (SSSR count). The van der Waals surface area contributed by atoms with Crippen molar-refractivity contribution in [3.8, 4) is 12.1 Å². The predicted octanol–water partition coefficient (Wildman–Crippen LogP) is 0.626. The second kappa shape index (κ2) is 11.0. The van der Waals surface area contributed by atoms with E-state index in [2.05, 4.69) is 0 Å². The Balaban J connectivity index is 2.12. The molecule has 0 bridgehead atoms. The second-order valence-electron chi connectivity index (χ2n) is 7.53. The lowest BCUT2D eigenvalue weighted by Crippen LogP contribution is -2.43. The van der Waals surface area contributed by atoms with Gasteiger partial charge in [-0.3, -0.25) is 9.59 Å². The molecular weight excluding hydrogens is 436 g/mol. The van der Waals surface area contributed by atoms with Crippen LogP contribution in [0.1, 0.15) is 30.4 Å². The number of hydrogen-bond acceptors (Lipinski definition) is 8. The van der Waals surface area contributed by atoms with Gasteiger partial charge in [0.15, 0.2) is 6.61 Å². The molecule has 0 saturated carbocycles. The number of rotatable bonds is 9. The summed E-state index contributed by atoms with van der Waals surface area (Å²) in [5.74, 6) is -1.53. The smallest absolute Gasteiger partial charge is 0.325 e. The van der Waals surface area contributed by atoms with Crippen LogP contribution in [-0.4, -0.2) is 73.0 Å². The summed E-state index contributed by atoms with van der Waals surface area (Å²) in [6.45, 7) is 2.88. The predicted molar refractivity (Wildman–Crippen MR) is 112 cm³/mol. The SMILES string of the molecule is Cc1ccc(S(=O)(=O)N2CC(O)CC2C(=O)OCC(=O)N(CCC#N)CCC#N)cc1C. The third kappa shape index (κ3) is 6.04. The highest BCUT2D eigenvalue weighted by atomic mass is 32.2. The molecule has 1 amide bonds. The van der Waals surface area contributed by atoms with Crippen LogP contribution in [0.5, 0.6) is 0 Å². The van der Waals surface area contributed by atoms with Crippen LogP contribution in [0, 0.1) is 36.5 Å². The number of nitriles is 2. The van der Waals surface area contributed by atoms with Crippen LogP contribution < -0.4 is 0 Å². The van der Waals surface area contributed by atoms with Crippen molar-refractivity contribution in [1.82, 2.24) is 9.21 Å². The Morgan fingerprint density at radius 3 is 2.38 bits per heavy atom. The Morgan fingerprint density at radius 2 is 1.81 bits per heavy atom. The summed E-state index contributed by atoms with van der Waals surface area (Å²) < 4.78 is 32.2. The molecule has 0 radical (unpaired) electrons. The van der Waals surface area contributed by atoms with Crippen LogP contribution in [0.25, 0.3) is 0 Å². The van der Waals surface area contributed by atoms with Gasteiger partial charge in [-0.15, -0.1) is 0 Å². The van der Waals surface area contributed by atoms with E-state index in [9.17, 15) is 23.1 Å². The zero-order chi connectivity index (χ0) is 23.9. The molecule has 1 aliphatic rings. The molecule has 1 aliphatic heterocycles. The van der Waals surface area contributed by atoms with Crippen LogP contribution in [0.3, 0.4) is 0 Å². The monoisotopic (exact) mass is 462 g/mol. The number of nitrogens with zero attached hydrogens (tertiary/aromatic N) is 4. The molecule has 1 aromatic carbocycles. The molecule has 10 nitrogen and oxygen atoms in total. The van der Waals surface area contributed by atoms with E-state index in [1.165, 1.54) is 17.0 Å². The summed E-state index contributed by atoms with van der Waals surface area (Å²) in [6, 6.07) is 7.15. The van der Waals surface area contributed by atoms with Gasteiger partial charge in [-0.25, -0.2) is 8.42 Å². The molecule has 1 N–H and O–H groups in total. The fraction of sp³-hybridized carbons (Fsp3) is 0.524. The standard InChI is InChI=1S/C21H26N4O6S/c1-15-5-6-18(11-16(15)2)32(29,30)25-13-17(26)12-19(25)21(28)31-14-20(27)24(9-3-7-22)10-4-8-23/h5-6,11,17,19,26H,3-4,9-10,12-14H2,1-2H3. The van der Waals surface area contributed by atoms with Crippen molar-refractivity contribution in [2.75, 3.05) is 26.2 Å². The van der Waals surface area contributed by atoms with Gasteiger partial charge in [0, 0.05) is 26.1 Å². The largest absolute Gasteiger partial charge is 0.454 e. The van der Waals surface area contributed by atoms with E-state index in [0.717, 1.165) is 15.4 Å². The average molecular weight is 463 g/mol. The number of β-amino-alcohol motifs (C(OH)–C–C–N with tert-alkyl or cyclic N) is 1. The van der Waals surface area contributed by atoms with Crippen LogP contribution in [-0.2, 0) is 24.3 Å². The topological polar surface area (TPSA) is 152 Å². The molecule has 0 aromatic heterocycles. The summed E-state index contributed by atoms with van der Waals surface area (Å²) in [7, 11) is -4.08. The van der Waals surface area contributed by atoms with Crippen LogP contribution in [0.15, 0.2) is 23.1 Å². The number of aryl methyl sites for hydroxylation is 2. The first-order valence-corrected chi connectivity index (χ1v) is 11.5. The van der Waals surface area contributed by atoms with Crippen molar-refractivity contribution in [3.05, 3.63) is 29.3 Å². The van der Waals surface area contributed by atoms with E-state index < -0.39 is 40.7 Å². The number of aliphatic hydroxyl groups is 1. The summed E-state index contributed by atoms with van der Waals surface area (Å²) in [5, 5.41) is 27.5. The molecule has 1 fully saturated rings. The number of carbonyl (C=O) groups is 2. The van der Waals surface area contributed by atoms with Crippen LogP contribution in [0.4, 0.5) is 0 Å². The third-order valence-corrected chi connectivity index (χ3v) is 7.14. The zero-order valence-corrected chi connectivity index (χ0v) is 18.8. The molecule has 32 heavy (non-hydrogen) atoms. The molecular formula is C21H26N4O6S. The van der Waals surface area contributed by atoms with Gasteiger partial charge < -0.3 is 14.7 Å². The number of amides is 1. The van der Waals surface area contributed by atoms with Crippen molar-refractivity contribution < 1.29 is 27.9 Å². The Morgan fingerprint density at radius 1 is 1.19 bits per heavy atom. The second-order valence-corrected chi connectivity index (χ2v) is 9.42. The minimum absolute atomic E-state index is 0.00255. The number of sulfonamides is 1. The Labute approximate surface area is 187 Å². The molecule has 1 saturated heterocycles. The molecule has 172 valence electrons. The van der Waals surface area contributed by atoms with Crippen molar-refractivity contribution in [2.24, 2.45) is 0 Å². The maximum atomic E-state index is 13.1. The highest BCUT2D eigenvalue weighted by Crippen LogP contribution is 2.28.